The first-order valence-corrected chi connectivity index (χ1v) is 9.49. The van der Waals surface area contributed by atoms with Crippen molar-refractivity contribution in [3.63, 3.8) is 0 Å². The Morgan fingerprint density at radius 1 is 0.857 bits per heavy atom. The minimum atomic E-state index is -1.21. The molecule has 3 atom stereocenters. The average molecular weight is 403 g/mol. The molecule has 0 radical (unpaired) electrons. The maximum atomic E-state index is 12.5. The van der Waals surface area contributed by atoms with Crippen molar-refractivity contribution < 1.29 is 28.6 Å². The minimum absolute atomic E-state index is 0.362. The highest BCUT2D eigenvalue weighted by Crippen LogP contribution is 2.15. The van der Waals surface area contributed by atoms with E-state index in [0.717, 1.165) is 0 Å². The van der Waals surface area contributed by atoms with Gasteiger partial charge in [-0.1, -0.05) is 0 Å². The van der Waals surface area contributed by atoms with Crippen LogP contribution in [0.25, 0.3) is 0 Å². The number of carbonyl (C=O) groups is 3. The summed E-state index contributed by atoms with van der Waals surface area (Å²) >= 11 is 0. The lowest BCUT2D eigenvalue weighted by molar-refractivity contribution is -0.165. The molecular weight excluding hydrogens is 364 g/mol. The molecule has 0 saturated heterocycles. The fourth-order valence-corrected chi connectivity index (χ4v) is 2.23. The SMILES string of the molecule is C[C@H](OC(C)(C)C)[C@@H](N)C(=O)N[C@H](CC(=O)OC(C)(C)C)C(=O)OC(C)(C)C. The van der Waals surface area contributed by atoms with Gasteiger partial charge in [-0.05, 0) is 69.2 Å². The van der Waals surface area contributed by atoms with Crippen molar-refractivity contribution in [2.45, 2.75) is 111 Å². The predicted octanol–water partition coefficient (Wildman–Crippen LogP) is 2.08. The molecule has 8 nitrogen and oxygen atoms in total. The fourth-order valence-electron chi connectivity index (χ4n) is 2.23. The molecule has 8 heteroatoms. The third-order valence-electron chi connectivity index (χ3n) is 3.15. The van der Waals surface area contributed by atoms with Crippen LogP contribution in [0.5, 0.6) is 0 Å². The van der Waals surface area contributed by atoms with Crippen LogP contribution in [-0.2, 0) is 28.6 Å². The maximum absolute atomic E-state index is 12.5. The van der Waals surface area contributed by atoms with Gasteiger partial charge in [-0.2, -0.15) is 0 Å². The van der Waals surface area contributed by atoms with E-state index in [9.17, 15) is 14.4 Å². The monoisotopic (exact) mass is 402 g/mol. The first-order chi connectivity index (χ1) is 12.3. The van der Waals surface area contributed by atoms with Gasteiger partial charge in [0, 0.05) is 0 Å². The number of hydrogen-bond donors (Lipinski definition) is 2. The first kappa shape index (κ1) is 26.3. The van der Waals surface area contributed by atoms with Gasteiger partial charge in [-0.25, -0.2) is 4.79 Å². The summed E-state index contributed by atoms with van der Waals surface area (Å²) in [5.74, 6) is -1.98. The van der Waals surface area contributed by atoms with Gasteiger partial charge >= 0.3 is 11.9 Å². The molecule has 0 aromatic carbocycles. The standard InChI is InChI=1S/C20H38N2O6/c1-12(26-18(2,3)4)15(21)16(24)22-13(17(25)28-20(8,9)10)11-14(23)27-19(5,6)7/h12-13,15H,11,21H2,1-10H3,(H,22,24)/t12-,13+,15+/m0/s1. The van der Waals surface area contributed by atoms with Gasteiger partial charge < -0.3 is 25.3 Å². The van der Waals surface area contributed by atoms with E-state index < -0.39 is 52.8 Å². The lowest BCUT2D eigenvalue weighted by Crippen LogP contribution is -2.55. The van der Waals surface area contributed by atoms with Gasteiger partial charge in [0.1, 0.15) is 23.3 Å². The largest absolute Gasteiger partial charge is 0.460 e. The fraction of sp³-hybridized carbons (Fsp3) is 0.850. The summed E-state index contributed by atoms with van der Waals surface area (Å²) in [7, 11) is 0. The van der Waals surface area contributed by atoms with E-state index in [1.807, 2.05) is 20.8 Å². The molecule has 0 aromatic rings. The van der Waals surface area contributed by atoms with Gasteiger partial charge in [-0.3, -0.25) is 9.59 Å². The molecule has 0 saturated carbocycles. The molecule has 3 N–H and O–H groups in total. The Morgan fingerprint density at radius 3 is 1.71 bits per heavy atom. The number of amides is 1. The number of hydrogen-bond acceptors (Lipinski definition) is 7. The molecule has 0 aliphatic rings. The van der Waals surface area contributed by atoms with E-state index in [4.69, 9.17) is 19.9 Å². The zero-order chi connectivity index (χ0) is 22.5. The zero-order valence-corrected chi connectivity index (χ0v) is 19.0. The summed E-state index contributed by atoms with van der Waals surface area (Å²) in [6.45, 7) is 17.5. The van der Waals surface area contributed by atoms with Gasteiger partial charge in [0.2, 0.25) is 5.91 Å². The van der Waals surface area contributed by atoms with Gasteiger partial charge in [-0.15, -0.1) is 0 Å². The third kappa shape index (κ3) is 11.9. The van der Waals surface area contributed by atoms with E-state index in [2.05, 4.69) is 5.32 Å². The Labute approximate surface area is 168 Å². The zero-order valence-electron chi connectivity index (χ0n) is 19.0. The maximum Gasteiger partial charge on any atom is 0.329 e. The van der Waals surface area contributed by atoms with Crippen molar-refractivity contribution in [1.29, 1.82) is 0 Å². The smallest absolute Gasteiger partial charge is 0.329 e. The number of ether oxygens (including phenoxy) is 3. The van der Waals surface area contributed by atoms with Gasteiger partial charge in [0.15, 0.2) is 0 Å². The number of nitrogens with two attached hydrogens (primary N) is 1. The van der Waals surface area contributed by atoms with Crippen LogP contribution in [-0.4, -0.2) is 52.8 Å². The second kappa shape index (κ2) is 9.69. The van der Waals surface area contributed by atoms with Crippen LogP contribution in [0.4, 0.5) is 0 Å². The van der Waals surface area contributed by atoms with Crippen LogP contribution in [0.15, 0.2) is 0 Å². The number of nitrogens with one attached hydrogen (secondary N) is 1. The Balaban J connectivity index is 5.26. The summed E-state index contributed by atoms with van der Waals surface area (Å²) in [5, 5.41) is 2.50. The van der Waals surface area contributed by atoms with Crippen LogP contribution in [0.1, 0.15) is 75.7 Å². The van der Waals surface area contributed by atoms with Crippen molar-refractivity contribution in [2.24, 2.45) is 5.73 Å². The molecule has 0 aromatic heterocycles. The van der Waals surface area contributed by atoms with E-state index >= 15 is 0 Å². The van der Waals surface area contributed by atoms with E-state index in [0.29, 0.717) is 0 Å². The van der Waals surface area contributed by atoms with Crippen LogP contribution < -0.4 is 11.1 Å². The van der Waals surface area contributed by atoms with Crippen molar-refractivity contribution in [3.05, 3.63) is 0 Å². The Bertz CT molecular complexity index is 555. The van der Waals surface area contributed by atoms with Crippen molar-refractivity contribution in [3.8, 4) is 0 Å². The van der Waals surface area contributed by atoms with Crippen molar-refractivity contribution >= 4 is 17.8 Å². The average Bonchev–Trinajstić information content (AvgIpc) is 2.39. The van der Waals surface area contributed by atoms with Crippen LogP contribution in [0, 0.1) is 0 Å². The summed E-state index contributed by atoms with van der Waals surface area (Å²) in [5.41, 5.74) is 3.99. The van der Waals surface area contributed by atoms with Gasteiger partial charge in [0.05, 0.1) is 18.1 Å². The molecule has 28 heavy (non-hydrogen) atoms. The molecule has 0 bridgehead atoms. The molecule has 0 rings (SSSR count). The van der Waals surface area contributed by atoms with Crippen molar-refractivity contribution in [2.75, 3.05) is 0 Å². The molecule has 1 amide bonds. The molecule has 0 unspecified atom stereocenters. The predicted molar refractivity (Wildman–Crippen MR) is 107 cm³/mol. The number of carbonyl (C=O) groups excluding carboxylic acids is 3. The topological polar surface area (TPSA) is 117 Å². The molecule has 0 heterocycles. The summed E-state index contributed by atoms with van der Waals surface area (Å²) in [6.07, 6.45) is -0.958. The summed E-state index contributed by atoms with van der Waals surface area (Å²) < 4.78 is 16.3. The second-order valence-corrected chi connectivity index (χ2v) is 9.85. The van der Waals surface area contributed by atoms with E-state index in [1.54, 1.807) is 48.5 Å². The molecule has 0 spiro atoms. The number of rotatable bonds is 7. The first-order valence-electron chi connectivity index (χ1n) is 9.49. The van der Waals surface area contributed by atoms with E-state index in [1.165, 1.54) is 0 Å². The minimum Gasteiger partial charge on any atom is -0.460 e. The highest BCUT2D eigenvalue weighted by molar-refractivity contribution is 5.90. The van der Waals surface area contributed by atoms with E-state index in [-0.39, 0.29) is 6.42 Å². The highest BCUT2D eigenvalue weighted by Gasteiger charge is 2.33. The molecule has 0 aliphatic carbocycles. The molecule has 0 fully saturated rings. The molecule has 164 valence electrons. The number of esters is 2. The Kier molecular flexibility index (Phi) is 9.12. The highest BCUT2D eigenvalue weighted by atomic mass is 16.6. The summed E-state index contributed by atoms with van der Waals surface area (Å²) in [4.78, 5) is 37.2. The molecule has 0 aliphatic heterocycles. The van der Waals surface area contributed by atoms with Crippen LogP contribution in [0.2, 0.25) is 0 Å². The normalized spacial score (nSPS) is 16.0. The Hall–Kier alpha value is -1.67. The van der Waals surface area contributed by atoms with Crippen molar-refractivity contribution in [1.82, 2.24) is 5.32 Å². The van der Waals surface area contributed by atoms with Gasteiger partial charge in [0.25, 0.3) is 0 Å². The third-order valence-corrected chi connectivity index (χ3v) is 3.15. The molecular formula is C20H38N2O6. The Morgan fingerprint density at radius 2 is 1.32 bits per heavy atom. The summed E-state index contributed by atoms with van der Waals surface area (Å²) in [6, 6.07) is -2.24. The lowest BCUT2D eigenvalue weighted by atomic mass is 10.1. The second-order valence-electron chi connectivity index (χ2n) is 9.85. The quantitative estimate of drug-likeness (QED) is 0.626. The lowest BCUT2D eigenvalue weighted by Gasteiger charge is -2.30. The van der Waals surface area contributed by atoms with Crippen LogP contribution in [0.3, 0.4) is 0 Å². The van der Waals surface area contributed by atoms with Crippen LogP contribution >= 0.6 is 0 Å².